The first-order chi connectivity index (χ1) is 7.88. The number of hydrogen-bond acceptors (Lipinski definition) is 4. The molecule has 0 aliphatic carbocycles. The van der Waals surface area contributed by atoms with E-state index in [9.17, 15) is 14.4 Å². The van der Waals surface area contributed by atoms with Crippen LogP contribution in [0.1, 0.15) is 20.3 Å². The molecule has 0 aliphatic rings. The lowest BCUT2D eigenvalue weighted by atomic mass is 10.2. The van der Waals surface area contributed by atoms with E-state index in [1.165, 1.54) is 6.92 Å². The molecule has 7 nitrogen and oxygen atoms in total. The van der Waals surface area contributed by atoms with E-state index in [-0.39, 0.29) is 5.91 Å². The Kier molecular flexibility index (Phi) is 6.88. The molecule has 0 aliphatic heterocycles. The molecule has 0 bridgehead atoms. The highest BCUT2D eigenvalue weighted by molar-refractivity contribution is 5.83. The van der Waals surface area contributed by atoms with E-state index < -0.39 is 31.1 Å². The summed E-state index contributed by atoms with van der Waals surface area (Å²) in [6, 6.07) is -0.784. The molecule has 3 N–H and O–H groups in total. The van der Waals surface area contributed by atoms with Gasteiger partial charge in [-0.15, -0.1) is 0 Å². The molecule has 0 rings (SSSR count). The average molecular weight is 246 g/mol. The highest BCUT2D eigenvalue weighted by Gasteiger charge is 2.24. The van der Waals surface area contributed by atoms with Gasteiger partial charge in [0.25, 0.3) is 0 Å². The zero-order valence-corrected chi connectivity index (χ0v) is 9.97. The number of carboxylic acids is 2. The van der Waals surface area contributed by atoms with Crippen molar-refractivity contribution in [2.75, 3.05) is 19.6 Å². The standard InChI is InChI=1S/C10H18N2O5/c1-3-4-11-10(17)7(2)12(5-8(13)14)6-9(15)16/h7H,3-6H2,1-2H3,(H,11,17)(H,13,14)(H,15,16). The molecule has 1 amide bonds. The summed E-state index contributed by atoms with van der Waals surface area (Å²) in [5, 5.41) is 19.9. The monoisotopic (exact) mass is 246 g/mol. The molecule has 0 aromatic carbocycles. The highest BCUT2D eigenvalue weighted by atomic mass is 16.4. The molecule has 1 atom stereocenters. The van der Waals surface area contributed by atoms with E-state index >= 15 is 0 Å². The van der Waals surface area contributed by atoms with Gasteiger partial charge in [0.1, 0.15) is 0 Å². The SMILES string of the molecule is CCCNC(=O)C(C)N(CC(=O)O)CC(=O)O. The fraction of sp³-hybridized carbons (Fsp3) is 0.700. The number of hydrogen-bond donors (Lipinski definition) is 3. The van der Waals surface area contributed by atoms with Crippen molar-refractivity contribution < 1.29 is 24.6 Å². The predicted octanol–water partition coefficient (Wildman–Crippen LogP) is -0.628. The van der Waals surface area contributed by atoms with Crippen LogP contribution in [0.15, 0.2) is 0 Å². The van der Waals surface area contributed by atoms with Gasteiger partial charge in [0.05, 0.1) is 19.1 Å². The second-order valence-corrected chi connectivity index (χ2v) is 3.66. The Bertz CT molecular complexity index is 276. The lowest BCUT2D eigenvalue weighted by Gasteiger charge is -2.24. The minimum atomic E-state index is -1.17. The summed E-state index contributed by atoms with van der Waals surface area (Å²) in [6.45, 7) is 2.89. The van der Waals surface area contributed by atoms with Crippen LogP contribution in [0.2, 0.25) is 0 Å². The number of nitrogens with zero attached hydrogens (tertiary/aromatic N) is 1. The van der Waals surface area contributed by atoms with Gasteiger partial charge in [-0.2, -0.15) is 0 Å². The Labute approximate surface area is 99.4 Å². The number of carbonyl (C=O) groups excluding carboxylic acids is 1. The molecule has 7 heteroatoms. The van der Waals surface area contributed by atoms with E-state index in [1.807, 2.05) is 6.92 Å². The molecule has 0 aromatic heterocycles. The van der Waals surface area contributed by atoms with Crippen molar-refractivity contribution in [3.8, 4) is 0 Å². The molecule has 1 unspecified atom stereocenters. The van der Waals surface area contributed by atoms with Gasteiger partial charge in [0.15, 0.2) is 0 Å². The Hall–Kier alpha value is -1.63. The normalized spacial score (nSPS) is 12.2. The van der Waals surface area contributed by atoms with Crippen LogP contribution in [0, 0.1) is 0 Å². The maximum atomic E-state index is 11.6. The maximum absolute atomic E-state index is 11.6. The van der Waals surface area contributed by atoms with Crippen molar-refractivity contribution in [1.82, 2.24) is 10.2 Å². The minimum Gasteiger partial charge on any atom is -0.480 e. The molecule has 0 saturated carbocycles. The van der Waals surface area contributed by atoms with Crippen LogP contribution in [0.4, 0.5) is 0 Å². The smallest absolute Gasteiger partial charge is 0.317 e. The molecular weight excluding hydrogens is 228 g/mol. The van der Waals surface area contributed by atoms with Crippen LogP contribution in [0.3, 0.4) is 0 Å². The summed E-state index contributed by atoms with van der Waals surface area (Å²) in [5.41, 5.74) is 0. The highest BCUT2D eigenvalue weighted by Crippen LogP contribution is 1.99. The third-order valence-electron chi connectivity index (χ3n) is 2.15. The molecule has 0 aromatic rings. The summed E-state index contributed by atoms with van der Waals surface area (Å²) in [7, 11) is 0. The Balaban J connectivity index is 4.49. The van der Waals surface area contributed by atoms with Gasteiger partial charge in [0.2, 0.25) is 5.91 Å². The number of carboxylic acid groups (broad SMARTS) is 2. The first-order valence-electron chi connectivity index (χ1n) is 5.33. The van der Waals surface area contributed by atoms with E-state index in [0.29, 0.717) is 6.54 Å². The summed E-state index contributed by atoms with van der Waals surface area (Å²) in [6.07, 6.45) is 0.760. The average Bonchev–Trinajstić information content (AvgIpc) is 2.22. The Morgan fingerprint density at radius 1 is 1.18 bits per heavy atom. The molecule has 0 saturated heterocycles. The fourth-order valence-corrected chi connectivity index (χ4v) is 1.24. The van der Waals surface area contributed by atoms with E-state index in [0.717, 1.165) is 11.3 Å². The Morgan fingerprint density at radius 3 is 2.00 bits per heavy atom. The lowest BCUT2D eigenvalue weighted by Crippen LogP contribution is -2.49. The van der Waals surface area contributed by atoms with Crippen molar-refractivity contribution in [3.63, 3.8) is 0 Å². The van der Waals surface area contributed by atoms with Crippen molar-refractivity contribution in [2.45, 2.75) is 26.3 Å². The molecule has 0 radical (unpaired) electrons. The third-order valence-corrected chi connectivity index (χ3v) is 2.15. The summed E-state index contributed by atoms with van der Waals surface area (Å²) in [4.78, 5) is 33.8. The molecule has 98 valence electrons. The van der Waals surface area contributed by atoms with Gasteiger partial charge in [-0.05, 0) is 13.3 Å². The van der Waals surface area contributed by atoms with Crippen LogP contribution in [-0.2, 0) is 14.4 Å². The Morgan fingerprint density at radius 2 is 1.65 bits per heavy atom. The van der Waals surface area contributed by atoms with Gasteiger partial charge in [-0.1, -0.05) is 6.92 Å². The fourth-order valence-electron chi connectivity index (χ4n) is 1.24. The van der Waals surface area contributed by atoms with Gasteiger partial charge < -0.3 is 15.5 Å². The topological polar surface area (TPSA) is 107 Å². The van der Waals surface area contributed by atoms with Crippen LogP contribution in [-0.4, -0.2) is 58.6 Å². The summed E-state index contributed by atoms with van der Waals surface area (Å²) < 4.78 is 0. The number of rotatable bonds is 8. The van der Waals surface area contributed by atoms with Crippen LogP contribution in [0.25, 0.3) is 0 Å². The van der Waals surface area contributed by atoms with E-state index in [4.69, 9.17) is 10.2 Å². The molecule has 0 fully saturated rings. The van der Waals surface area contributed by atoms with Crippen LogP contribution >= 0.6 is 0 Å². The van der Waals surface area contributed by atoms with Crippen molar-refractivity contribution in [2.24, 2.45) is 0 Å². The minimum absolute atomic E-state index is 0.366. The second kappa shape index (κ2) is 7.61. The number of amides is 1. The zero-order valence-electron chi connectivity index (χ0n) is 9.97. The van der Waals surface area contributed by atoms with Crippen molar-refractivity contribution >= 4 is 17.8 Å². The first kappa shape index (κ1) is 15.4. The van der Waals surface area contributed by atoms with Gasteiger partial charge in [-0.25, -0.2) is 0 Å². The lowest BCUT2D eigenvalue weighted by molar-refractivity contribution is -0.143. The molecule has 17 heavy (non-hydrogen) atoms. The molecule has 0 spiro atoms. The number of carbonyl (C=O) groups is 3. The van der Waals surface area contributed by atoms with Crippen LogP contribution < -0.4 is 5.32 Å². The second-order valence-electron chi connectivity index (χ2n) is 3.66. The predicted molar refractivity (Wildman–Crippen MR) is 59.6 cm³/mol. The quantitative estimate of drug-likeness (QED) is 0.526. The molecule has 0 heterocycles. The molecular formula is C10H18N2O5. The van der Waals surface area contributed by atoms with Gasteiger partial charge in [-0.3, -0.25) is 19.3 Å². The third kappa shape index (κ3) is 6.52. The zero-order chi connectivity index (χ0) is 13.4. The van der Waals surface area contributed by atoms with Crippen LogP contribution in [0.5, 0.6) is 0 Å². The number of nitrogens with one attached hydrogen (secondary N) is 1. The van der Waals surface area contributed by atoms with Gasteiger partial charge >= 0.3 is 11.9 Å². The number of aliphatic carboxylic acids is 2. The van der Waals surface area contributed by atoms with Crippen molar-refractivity contribution in [1.29, 1.82) is 0 Å². The maximum Gasteiger partial charge on any atom is 0.317 e. The summed E-state index contributed by atoms with van der Waals surface area (Å²) >= 11 is 0. The summed E-state index contributed by atoms with van der Waals surface area (Å²) in [5.74, 6) is -2.70. The van der Waals surface area contributed by atoms with Gasteiger partial charge in [0, 0.05) is 6.54 Å². The van der Waals surface area contributed by atoms with E-state index in [2.05, 4.69) is 5.32 Å². The van der Waals surface area contributed by atoms with Crippen molar-refractivity contribution in [3.05, 3.63) is 0 Å². The largest absolute Gasteiger partial charge is 0.480 e. The van der Waals surface area contributed by atoms with E-state index in [1.54, 1.807) is 0 Å². The first-order valence-corrected chi connectivity index (χ1v) is 5.33.